The zero-order chi connectivity index (χ0) is 18.4. The Morgan fingerprint density at radius 3 is 2.96 bits per heavy atom. The fourth-order valence-corrected chi connectivity index (χ4v) is 3.01. The first kappa shape index (κ1) is 18.3. The van der Waals surface area contributed by atoms with E-state index in [1.165, 1.54) is 5.56 Å². The highest BCUT2D eigenvalue weighted by molar-refractivity contribution is 9.10. The maximum Gasteiger partial charge on any atom is 0.315 e. The van der Waals surface area contributed by atoms with Crippen LogP contribution in [-0.2, 0) is 13.0 Å². The standard InChI is InChI=1S/C19H21BrN4O2/c1-26-17-6-2-4-14(10-17)5-3-9-21-19(25)22-11-16-13-24-12-15(20)7-8-18(24)23-16/h2,4,6-8,10,12-13H,3,5,9,11H2,1H3,(H2,21,22,25). The van der Waals surface area contributed by atoms with Crippen LogP contribution in [0, 0.1) is 0 Å². The lowest BCUT2D eigenvalue weighted by atomic mass is 10.1. The number of amides is 2. The summed E-state index contributed by atoms with van der Waals surface area (Å²) in [6.45, 7) is 1.00. The van der Waals surface area contributed by atoms with Crippen LogP contribution in [-0.4, -0.2) is 29.1 Å². The highest BCUT2D eigenvalue weighted by Gasteiger charge is 2.05. The van der Waals surface area contributed by atoms with Gasteiger partial charge in [-0.3, -0.25) is 0 Å². The number of benzene rings is 1. The first-order valence-electron chi connectivity index (χ1n) is 8.42. The summed E-state index contributed by atoms with van der Waals surface area (Å²) in [6, 6.07) is 11.6. The highest BCUT2D eigenvalue weighted by atomic mass is 79.9. The molecule has 0 bridgehead atoms. The van der Waals surface area contributed by atoms with Crippen molar-refractivity contribution in [1.82, 2.24) is 20.0 Å². The zero-order valence-corrected chi connectivity index (χ0v) is 16.1. The zero-order valence-electron chi connectivity index (χ0n) is 14.5. The molecule has 3 rings (SSSR count). The van der Waals surface area contributed by atoms with Gasteiger partial charge in [0.1, 0.15) is 11.4 Å². The van der Waals surface area contributed by atoms with Gasteiger partial charge in [0.05, 0.1) is 19.3 Å². The van der Waals surface area contributed by atoms with Gasteiger partial charge in [-0.15, -0.1) is 0 Å². The molecule has 26 heavy (non-hydrogen) atoms. The number of methoxy groups -OCH3 is 1. The van der Waals surface area contributed by atoms with Crippen LogP contribution in [0.3, 0.4) is 0 Å². The summed E-state index contributed by atoms with van der Waals surface area (Å²) >= 11 is 3.43. The number of imidazole rings is 1. The van der Waals surface area contributed by atoms with Crippen molar-refractivity contribution in [3.63, 3.8) is 0 Å². The first-order chi connectivity index (χ1) is 12.6. The Morgan fingerprint density at radius 2 is 2.12 bits per heavy atom. The number of carbonyl (C=O) groups is 1. The fourth-order valence-electron chi connectivity index (χ4n) is 2.66. The average Bonchev–Trinajstić information content (AvgIpc) is 3.05. The van der Waals surface area contributed by atoms with Crippen LogP contribution in [0.25, 0.3) is 5.65 Å². The topological polar surface area (TPSA) is 67.7 Å². The summed E-state index contributed by atoms with van der Waals surface area (Å²) in [5.74, 6) is 0.854. The quantitative estimate of drug-likeness (QED) is 0.578. The van der Waals surface area contributed by atoms with Crippen molar-refractivity contribution >= 4 is 27.6 Å². The molecule has 2 heterocycles. The van der Waals surface area contributed by atoms with Gasteiger partial charge in [0.15, 0.2) is 0 Å². The second-order valence-electron chi connectivity index (χ2n) is 5.91. The molecule has 2 aromatic heterocycles. The molecule has 0 aliphatic heterocycles. The second kappa shape index (κ2) is 8.71. The molecule has 0 atom stereocenters. The SMILES string of the molecule is COc1cccc(CCCNC(=O)NCc2cn3cc(Br)ccc3n2)c1. The lowest BCUT2D eigenvalue weighted by Gasteiger charge is -2.07. The van der Waals surface area contributed by atoms with E-state index in [2.05, 4.69) is 37.6 Å². The highest BCUT2D eigenvalue weighted by Crippen LogP contribution is 2.14. The minimum absolute atomic E-state index is 0.186. The van der Waals surface area contributed by atoms with Crippen molar-refractivity contribution < 1.29 is 9.53 Å². The molecule has 2 N–H and O–H groups in total. The van der Waals surface area contributed by atoms with Crippen LogP contribution in [0.2, 0.25) is 0 Å². The number of fused-ring (bicyclic) bond motifs is 1. The number of carbonyl (C=O) groups excluding carboxylic acids is 1. The van der Waals surface area contributed by atoms with E-state index in [0.29, 0.717) is 13.1 Å². The van der Waals surface area contributed by atoms with Crippen LogP contribution in [0.1, 0.15) is 17.7 Å². The van der Waals surface area contributed by atoms with Crippen LogP contribution in [0.15, 0.2) is 53.3 Å². The van der Waals surface area contributed by atoms with E-state index in [-0.39, 0.29) is 6.03 Å². The van der Waals surface area contributed by atoms with E-state index in [1.54, 1.807) is 7.11 Å². The maximum atomic E-state index is 11.9. The van der Waals surface area contributed by atoms with E-state index >= 15 is 0 Å². The van der Waals surface area contributed by atoms with Crippen LogP contribution >= 0.6 is 15.9 Å². The van der Waals surface area contributed by atoms with E-state index < -0.39 is 0 Å². The van der Waals surface area contributed by atoms with Crippen molar-refractivity contribution in [3.8, 4) is 5.75 Å². The van der Waals surface area contributed by atoms with E-state index in [9.17, 15) is 4.79 Å². The largest absolute Gasteiger partial charge is 0.497 e. The van der Waals surface area contributed by atoms with Gasteiger partial charge in [0.25, 0.3) is 0 Å². The summed E-state index contributed by atoms with van der Waals surface area (Å²) in [5, 5.41) is 5.71. The molecule has 0 aliphatic carbocycles. The number of aryl methyl sites for hydroxylation is 1. The Hall–Kier alpha value is -2.54. The van der Waals surface area contributed by atoms with Crippen LogP contribution in [0.4, 0.5) is 4.79 Å². The predicted molar refractivity (Wildman–Crippen MR) is 104 cm³/mol. The Balaban J connectivity index is 1.39. The van der Waals surface area contributed by atoms with Gasteiger partial charge in [-0.25, -0.2) is 9.78 Å². The molecular weight excluding hydrogens is 396 g/mol. The van der Waals surface area contributed by atoms with Gasteiger partial charge in [-0.1, -0.05) is 12.1 Å². The third-order valence-electron chi connectivity index (χ3n) is 3.96. The number of nitrogens with one attached hydrogen (secondary N) is 2. The van der Waals surface area contributed by atoms with E-state index in [4.69, 9.17) is 4.74 Å². The van der Waals surface area contributed by atoms with Gasteiger partial charge < -0.3 is 19.8 Å². The molecule has 0 spiro atoms. The Morgan fingerprint density at radius 1 is 1.23 bits per heavy atom. The number of rotatable bonds is 7. The van der Waals surface area contributed by atoms with Crippen molar-refractivity contribution in [2.45, 2.75) is 19.4 Å². The number of nitrogens with zero attached hydrogens (tertiary/aromatic N) is 2. The number of halogens is 1. The molecule has 0 saturated heterocycles. The summed E-state index contributed by atoms with van der Waals surface area (Å²) < 4.78 is 8.12. The Bertz CT molecular complexity index is 894. The van der Waals surface area contributed by atoms with Crippen molar-refractivity contribution in [1.29, 1.82) is 0 Å². The average molecular weight is 417 g/mol. The molecule has 1 aromatic carbocycles. The third kappa shape index (κ3) is 4.98. The number of ether oxygens (including phenoxy) is 1. The monoisotopic (exact) mass is 416 g/mol. The Labute approximate surface area is 160 Å². The van der Waals surface area contributed by atoms with Gasteiger partial charge in [-0.2, -0.15) is 0 Å². The predicted octanol–water partition coefficient (Wildman–Crippen LogP) is 3.54. The summed E-state index contributed by atoms with van der Waals surface area (Å²) in [6.07, 6.45) is 5.59. The van der Waals surface area contributed by atoms with Gasteiger partial charge in [-0.05, 0) is 58.6 Å². The summed E-state index contributed by atoms with van der Waals surface area (Å²) in [5.41, 5.74) is 2.86. The lowest BCUT2D eigenvalue weighted by molar-refractivity contribution is 0.240. The molecule has 0 unspecified atom stereocenters. The summed E-state index contributed by atoms with van der Waals surface area (Å²) in [7, 11) is 1.66. The molecule has 0 fully saturated rings. The number of aromatic nitrogens is 2. The fraction of sp³-hybridized carbons (Fsp3) is 0.263. The number of pyridine rings is 1. The van der Waals surface area contributed by atoms with Crippen LogP contribution in [0.5, 0.6) is 5.75 Å². The molecule has 2 amide bonds. The number of hydrogen-bond acceptors (Lipinski definition) is 3. The smallest absolute Gasteiger partial charge is 0.315 e. The maximum absolute atomic E-state index is 11.9. The lowest BCUT2D eigenvalue weighted by Crippen LogP contribution is -2.35. The van der Waals surface area contributed by atoms with Gasteiger partial charge in [0, 0.05) is 23.4 Å². The molecule has 7 heteroatoms. The second-order valence-corrected chi connectivity index (χ2v) is 6.83. The molecule has 0 radical (unpaired) electrons. The number of hydrogen-bond donors (Lipinski definition) is 2. The number of urea groups is 1. The third-order valence-corrected chi connectivity index (χ3v) is 4.43. The summed E-state index contributed by atoms with van der Waals surface area (Å²) in [4.78, 5) is 16.4. The molecular formula is C19H21BrN4O2. The first-order valence-corrected chi connectivity index (χ1v) is 9.21. The Kier molecular flexibility index (Phi) is 6.12. The minimum atomic E-state index is -0.186. The van der Waals surface area contributed by atoms with E-state index in [0.717, 1.165) is 34.4 Å². The normalized spacial score (nSPS) is 10.7. The molecule has 0 saturated carbocycles. The van der Waals surface area contributed by atoms with Crippen LogP contribution < -0.4 is 15.4 Å². The minimum Gasteiger partial charge on any atom is -0.497 e. The van der Waals surface area contributed by atoms with Crippen molar-refractivity contribution in [2.75, 3.05) is 13.7 Å². The van der Waals surface area contributed by atoms with Crippen molar-refractivity contribution in [3.05, 3.63) is 64.5 Å². The van der Waals surface area contributed by atoms with E-state index in [1.807, 2.05) is 47.1 Å². The van der Waals surface area contributed by atoms with Gasteiger partial charge >= 0.3 is 6.03 Å². The molecule has 136 valence electrons. The van der Waals surface area contributed by atoms with Gasteiger partial charge in [0.2, 0.25) is 0 Å². The molecule has 0 aliphatic rings. The molecule has 6 nitrogen and oxygen atoms in total. The van der Waals surface area contributed by atoms with Crippen molar-refractivity contribution in [2.24, 2.45) is 0 Å². The molecule has 3 aromatic rings.